The quantitative estimate of drug-likeness (QED) is 0.602. The van der Waals surface area contributed by atoms with Crippen LogP contribution in [-0.4, -0.2) is 52.9 Å². The molecule has 0 spiro atoms. The Bertz CT molecular complexity index is 1100. The van der Waals surface area contributed by atoms with E-state index in [-0.39, 0.29) is 12.2 Å². The SMILES string of the molecule is Cc1nc(N)cc(C2C(Nc3ccn[nH]3)N=C3C=CC(c4cncnc4)=NN32)n1. The van der Waals surface area contributed by atoms with Crippen LogP contribution < -0.4 is 11.1 Å². The average Bonchev–Trinajstić information content (AvgIpc) is 3.35. The van der Waals surface area contributed by atoms with Crippen molar-refractivity contribution >= 4 is 23.2 Å². The number of aliphatic imine (C=N–C) groups is 1. The van der Waals surface area contributed by atoms with E-state index in [9.17, 15) is 0 Å². The molecule has 2 unspecified atom stereocenters. The number of rotatable bonds is 4. The van der Waals surface area contributed by atoms with Crippen molar-refractivity contribution in [3.05, 3.63) is 66.3 Å². The Kier molecular flexibility index (Phi) is 3.97. The molecule has 2 atom stereocenters. The van der Waals surface area contributed by atoms with E-state index >= 15 is 0 Å². The van der Waals surface area contributed by atoms with Gasteiger partial charge in [0.15, 0.2) is 6.17 Å². The maximum Gasteiger partial charge on any atom is 0.150 e. The maximum atomic E-state index is 5.98. The van der Waals surface area contributed by atoms with Crippen molar-refractivity contribution in [1.82, 2.24) is 35.1 Å². The van der Waals surface area contributed by atoms with Gasteiger partial charge in [-0.05, 0) is 25.1 Å². The molecule has 0 aliphatic carbocycles. The molecule has 0 aromatic carbocycles. The summed E-state index contributed by atoms with van der Waals surface area (Å²) in [6.07, 6.45) is 10.0. The first kappa shape index (κ1) is 17.0. The summed E-state index contributed by atoms with van der Waals surface area (Å²) in [6, 6.07) is 3.25. The van der Waals surface area contributed by atoms with Crippen LogP contribution in [0.3, 0.4) is 0 Å². The van der Waals surface area contributed by atoms with Gasteiger partial charge in [-0.25, -0.2) is 29.9 Å². The number of nitrogens with two attached hydrogens (primary N) is 1. The van der Waals surface area contributed by atoms with E-state index in [0.717, 1.165) is 17.1 Å². The molecule has 0 saturated heterocycles. The van der Waals surface area contributed by atoms with Crippen LogP contribution in [-0.2, 0) is 0 Å². The first-order chi connectivity index (χ1) is 14.2. The average molecular weight is 387 g/mol. The highest BCUT2D eigenvalue weighted by molar-refractivity contribution is 6.14. The molecule has 5 heterocycles. The van der Waals surface area contributed by atoms with Crippen molar-refractivity contribution in [2.75, 3.05) is 11.1 Å². The van der Waals surface area contributed by atoms with Gasteiger partial charge in [-0.3, -0.25) is 5.10 Å². The molecule has 0 radical (unpaired) electrons. The van der Waals surface area contributed by atoms with Crippen molar-refractivity contribution in [3.63, 3.8) is 0 Å². The Morgan fingerprint density at radius 1 is 1.17 bits per heavy atom. The van der Waals surface area contributed by atoms with Crippen molar-refractivity contribution in [3.8, 4) is 0 Å². The smallest absolute Gasteiger partial charge is 0.150 e. The molecule has 11 heteroatoms. The fourth-order valence-corrected chi connectivity index (χ4v) is 3.33. The molecule has 0 amide bonds. The Balaban J connectivity index is 1.57. The molecule has 0 bridgehead atoms. The number of hydrogen-bond donors (Lipinski definition) is 3. The van der Waals surface area contributed by atoms with E-state index in [1.54, 1.807) is 31.6 Å². The zero-order chi connectivity index (χ0) is 19.8. The van der Waals surface area contributed by atoms with Gasteiger partial charge in [-0.2, -0.15) is 10.2 Å². The molecule has 144 valence electrons. The summed E-state index contributed by atoms with van der Waals surface area (Å²) in [5.74, 6) is 2.44. The van der Waals surface area contributed by atoms with E-state index in [2.05, 4.69) is 35.5 Å². The number of aromatic amines is 1. The standard InChI is InChI=1S/C18H17N11/c1-10-23-13(6-14(19)24-10)17-18(25-15-4-5-22-27-15)26-16-3-2-12(28-29(16)17)11-7-20-9-21-8-11/h2-9,17-18H,1H3,(H2,19,23,24)(H2,22,25,27). The predicted octanol–water partition coefficient (Wildman–Crippen LogP) is 1.05. The number of amidine groups is 1. The van der Waals surface area contributed by atoms with Gasteiger partial charge < -0.3 is 11.1 Å². The number of H-pyrrole nitrogens is 1. The Morgan fingerprint density at radius 3 is 2.79 bits per heavy atom. The van der Waals surface area contributed by atoms with E-state index in [1.807, 2.05) is 23.2 Å². The first-order valence-electron chi connectivity index (χ1n) is 8.93. The largest absolute Gasteiger partial charge is 0.384 e. The summed E-state index contributed by atoms with van der Waals surface area (Å²) >= 11 is 0. The lowest BCUT2D eigenvalue weighted by Gasteiger charge is -2.27. The van der Waals surface area contributed by atoms with E-state index in [0.29, 0.717) is 23.2 Å². The van der Waals surface area contributed by atoms with Gasteiger partial charge in [0.05, 0.1) is 17.6 Å². The van der Waals surface area contributed by atoms with Crippen molar-refractivity contribution < 1.29 is 0 Å². The van der Waals surface area contributed by atoms with Crippen LogP contribution in [0.25, 0.3) is 0 Å². The minimum absolute atomic E-state index is 0.332. The zero-order valence-electron chi connectivity index (χ0n) is 15.4. The molecular weight excluding hydrogens is 370 g/mol. The lowest BCUT2D eigenvalue weighted by Crippen LogP contribution is -2.34. The molecule has 3 aromatic heterocycles. The number of hydrazone groups is 1. The summed E-state index contributed by atoms with van der Waals surface area (Å²) < 4.78 is 0. The Morgan fingerprint density at radius 2 is 2.03 bits per heavy atom. The summed E-state index contributed by atoms with van der Waals surface area (Å²) in [5, 5.41) is 16.9. The monoisotopic (exact) mass is 387 g/mol. The van der Waals surface area contributed by atoms with Crippen LogP contribution in [0.4, 0.5) is 11.6 Å². The number of aromatic nitrogens is 6. The normalized spacial score (nSPS) is 20.2. The van der Waals surface area contributed by atoms with Crippen LogP contribution in [0.15, 0.2) is 59.3 Å². The molecule has 2 aliphatic rings. The topological polar surface area (TPSA) is 146 Å². The minimum atomic E-state index is -0.362. The van der Waals surface area contributed by atoms with E-state index in [4.69, 9.17) is 15.8 Å². The molecule has 5 rings (SSSR count). The number of nitrogens with zero attached hydrogens (tertiary/aromatic N) is 8. The second kappa shape index (κ2) is 6.78. The number of nitrogens with one attached hydrogen (secondary N) is 2. The number of hydrogen-bond acceptors (Lipinski definition) is 10. The van der Waals surface area contributed by atoms with Crippen molar-refractivity contribution in [2.24, 2.45) is 10.1 Å². The van der Waals surface area contributed by atoms with Crippen molar-refractivity contribution in [2.45, 2.75) is 19.1 Å². The van der Waals surface area contributed by atoms with Crippen LogP contribution in [0.2, 0.25) is 0 Å². The number of anilines is 2. The third-order valence-corrected chi connectivity index (χ3v) is 4.52. The minimum Gasteiger partial charge on any atom is -0.384 e. The Hall–Kier alpha value is -4.15. The zero-order valence-corrected chi connectivity index (χ0v) is 15.4. The lowest BCUT2D eigenvalue weighted by atomic mass is 10.1. The van der Waals surface area contributed by atoms with Crippen LogP contribution in [0.5, 0.6) is 0 Å². The van der Waals surface area contributed by atoms with Gasteiger partial charge in [-0.1, -0.05) is 0 Å². The summed E-state index contributed by atoms with van der Waals surface area (Å²) in [7, 11) is 0. The van der Waals surface area contributed by atoms with Gasteiger partial charge >= 0.3 is 0 Å². The Labute approximate surface area is 165 Å². The highest BCUT2D eigenvalue weighted by Gasteiger charge is 2.40. The van der Waals surface area contributed by atoms with Gasteiger partial charge in [0, 0.05) is 24.0 Å². The van der Waals surface area contributed by atoms with Gasteiger partial charge in [0.1, 0.15) is 35.7 Å². The predicted molar refractivity (Wildman–Crippen MR) is 107 cm³/mol. The van der Waals surface area contributed by atoms with Gasteiger partial charge in [0.2, 0.25) is 0 Å². The van der Waals surface area contributed by atoms with E-state index in [1.165, 1.54) is 6.33 Å². The number of allylic oxidation sites excluding steroid dienone is 1. The summed E-state index contributed by atoms with van der Waals surface area (Å²) in [5.41, 5.74) is 8.24. The molecular formula is C18H17N11. The number of nitrogen functional groups attached to an aromatic ring is 1. The molecule has 4 N–H and O–H groups in total. The summed E-state index contributed by atoms with van der Waals surface area (Å²) in [6.45, 7) is 1.81. The highest BCUT2D eigenvalue weighted by Crippen LogP contribution is 2.34. The number of aryl methyl sites for hydroxylation is 1. The van der Waals surface area contributed by atoms with Gasteiger partial charge in [-0.15, -0.1) is 0 Å². The fourth-order valence-electron chi connectivity index (χ4n) is 3.33. The molecule has 3 aromatic rings. The maximum absolute atomic E-state index is 5.98. The fraction of sp³-hybridized carbons (Fsp3) is 0.167. The first-order valence-corrected chi connectivity index (χ1v) is 8.93. The second-order valence-electron chi connectivity index (χ2n) is 6.55. The van der Waals surface area contributed by atoms with Crippen molar-refractivity contribution in [1.29, 1.82) is 0 Å². The van der Waals surface area contributed by atoms with E-state index < -0.39 is 0 Å². The number of fused-ring (bicyclic) bond motifs is 1. The third kappa shape index (κ3) is 3.18. The van der Waals surface area contributed by atoms with Crippen LogP contribution in [0, 0.1) is 6.92 Å². The van der Waals surface area contributed by atoms with Crippen LogP contribution in [0.1, 0.15) is 23.1 Å². The molecule has 2 aliphatic heterocycles. The summed E-state index contributed by atoms with van der Waals surface area (Å²) in [4.78, 5) is 21.7. The van der Waals surface area contributed by atoms with Gasteiger partial charge in [0.25, 0.3) is 0 Å². The third-order valence-electron chi connectivity index (χ3n) is 4.52. The van der Waals surface area contributed by atoms with Crippen LogP contribution >= 0.6 is 0 Å². The molecule has 0 saturated carbocycles. The molecule has 0 fully saturated rings. The lowest BCUT2D eigenvalue weighted by molar-refractivity contribution is 0.327. The highest BCUT2D eigenvalue weighted by atomic mass is 15.6. The molecule has 11 nitrogen and oxygen atoms in total. The molecule has 29 heavy (non-hydrogen) atoms. The second-order valence-corrected chi connectivity index (χ2v) is 6.55.